The molecule has 0 amide bonds. The number of aliphatic hydroxyl groups is 1. The number of hydrogen-bond acceptors (Lipinski definition) is 7. The number of aliphatic hydroxyl groups excluding tert-OH is 1. The van der Waals surface area contributed by atoms with E-state index in [1.165, 1.54) is 6.33 Å². The number of ether oxygens (including phenoxy) is 3. The lowest BCUT2D eigenvalue weighted by Crippen LogP contribution is -2.35. The maximum atomic E-state index is 12.2. The molecule has 5 atom stereocenters. The minimum Gasteiger partial charge on any atom is -0.434 e. The average molecular weight is 444 g/mol. The topological polar surface area (TPSA) is 95.7 Å². The molecule has 1 aromatic carbocycles. The maximum Gasteiger partial charge on any atom is 0.508 e. The third-order valence-electron chi connectivity index (χ3n) is 6.13. The molecular formula is C22H22ClN3O5. The van der Waals surface area contributed by atoms with E-state index in [9.17, 15) is 9.90 Å². The van der Waals surface area contributed by atoms with Crippen molar-refractivity contribution in [3.8, 4) is 0 Å². The van der Waals surface area contributed by atoms with Gasteiger partial charge in [-0.2, -0.15) is 0 Å². The average Bonchev–Trinajstić information content (AvgIpc) is 3.28. The highest BCUT2D eigenvalue weighted by atomic mass is 35.5. The van der Waals surface area contributed by atoms with Gasteiger partial charge in [-0.25, -0.2) is 14.8 Å². The fraction of sp³-hybridized carbons (Fsp3) is 0.409. The molecule has 8 nitrogen and oxygen atoms in total. The van der Waals surface area contributed by atoms with E-state index < -0.39 is 30.7 Å². The molecule has 0 unspecified atom stereocenters. The Labute approximate surface area is 183 Å². The minimum atomic E-state index is -0.883. The zero-order chi connectivity index (χ0) is 21.7. The third-order valence-corrected chi connectivity index (χ3v) is 6.36. The van der Waals surface area contributed by atoms with Crippen LogP contribution in [0.5, 0.6) is 0 Å². The molecule has 0 saturated carbocycles. The molecule has 2 aromatic heterocycles. The molecule has 0 aliphatic carbocycles. The molecule has 1 N–H and O–H groups in total. The number of halogens is 1. The zero-order valence-electron chi connectivity index (χ0n) is 17.1. The summed E-state index contributed by atoms with van der Waals surface area (Å²) in [5.74, 6) is -0.281. The number of rotatable bonds is 2. The first-order chi connectivity index (χ1) is 14.9. The van der Waals surface area contributed by atoms with E-state index >= 15 is 0 Å². The lowest BCUT2D eigenvalue weighted by molar-refractivity contribution is -0.0998. The summed E-state index contributed by atoms with van der Waals surface area (Å²) in [7, 11) is 0. The highest BCUT2D eigenvalue weighted by Crippen LogP contribution is 2.43. The summed E-state index contributed by atoms with van der Waals surface area (Å²) in [5, 5.41) is 12.6. The number of carbonyl (C=O) groups excluding carboxylic acids is 1. The lowest BCUT2D eigenvalue weighted by Gasteiger charge is -2.29. The largest absolute Gasteiger partial charge is 0.508 e. The first kappa shape index (κ1) is 20.2. The van der Waals surface area contributed by atoms with E-state index in [4.69, 9.17) is 25.8 Å². The Kier molecular flexibility index (Phi) is 5.08. The lowest BCUT2D eigenvalue weighted by atomic mass is 9.91. The smallest absolute Gasteiger partial charge is 0.434 e. The van der Waals surface area contributed by atoms with Gasteiger partial charge in [0.05, 0.1) is 18.4 Å². The maximum absolute atomic E-state index is 12.2. The molecule has 0 spiro atoms. The first-order valence-corrected chi connectivity index (χ1v) is 10.5. The second-order valence-corrected chi connectivity index (χ2v) is 8.43. The molecule has 4 heterocycles. The summed E-state index contributed by atoms with van der Waals surface area (Å²) in [4.78, 5) is 20.8. The number of aromatic nitrogens is 3. The Morgan fingerprint density at radius 1 is 1.26 bits per heavy atom. The normalized spacial score (nSPS) is 28.5. The summed E-state index contributed by atoms with van der Waals surface area (Å²) in [6.45, 7) is 4.01. The van der Waals surface area contributed by atoms with Crippen LogP contribution in [0.25, 0.3) is 11.0 Å². The number of hydrogen-bond donors (Lipinski definition) is 1. The standard InChI is InChI=1S/C22H22ClN3O5/c1-11-17(27)19(30-21(11)26-7-5-15-12(2)24-10-25-20(15)26)18-16-4-3-14(23)9-13(16)6-8-29-22(28)31-18/h3-5,7,9-11,17-19,21,27H,6,8H2,1-2H3/t11-,17+,18-,19+,21-/m1/s1. The van der Waals surface area contributed by atoms with Crippen molar-refractivity contribution >= 4 is 28.8 Å². The van der Waals surface area contributed by atoms with E-state index in [0.717, 1.165) is 27.9 Å². The Morgan fingerprint density at radius 3 is 2.94 bits per heavy atom. The van der Waals surface area contributed by atoms with Gasteiger partial charge in [-0.05, 0) is 36.2 Å². The van der Waals surface area contributed by atoms with Gasteiger partial charge in [0.1, 0.15) is 24.3 Å². The number of aryl methyl sites for hydroxylation is 1. The fourth-order valence-electron chi connectivity index (χ4n) is 4.46. The van der Waals surface area contributed by atoms with Gasteiger partial charge in [0.2, 0.25) is 0 Å². The van der Waals surface area contributed by atoms with Crippen molar-refractivity contribution in [2.24, 2.45) is 5.92 Å². The second-order valence-electron chi connectivity index (χ2n) is 7.99. The molecule has 9 heteroatoms. The highest BCUT2D eigenvalue weighted by molar-refractivity contribution is 6.30. The predicted molar refractivity (Wildman–Crippen MR) is 112 cm³/mol. The molecule has 2 aliphatic heterocycles. The molecule has 3 aromatic rings. The summed E-state index contributed by atoms with van der Waals surface area (Å²) in [5.41, 5.74) is 3.24. The summed E-state index contributed by atoms with van der Waals surface area (Å²) < 4.78 is 19.0. The van der Waals surface area contributed by atoms with Gasteiger partial charge in [-0.3, -0.25) is 0 Å². The Hall–Kier alpha value is -2.68. The van der Waals surface area contributed by atoms with Crippen molar-refractivity contribution in [1.82, 2.24) is 14.5 Å². The zero-order valence-corrected chi connectivity index (χ0v) is 17.8. The molecule has 31 heavy (non-hydrogen) atoms. The summed E-state index contributed by atoms with van der Waals surface area (Å²) >= 11 is 6.17. The van der Waals surface area contributed by atoms with Crippen LogP contribution >= 0.6 is 11.6 Å². The quantitative estimate of drug-likeness (QED) is 0.602. The van der Waals surface area contributed by atoms with Gasteiger partial charge in [0.15, 0.2) is 6.10 Å². The number of cyclic esters (lactones) is 2. The van der Waals surface area contributed by atoms with E-state index in [-0.39, 0.29) is 12.5 Å². The summed E-state index contributed by atoms with van der Waals surface area (Å²) in [6, 6.07) is 7.32. The van der Waals surface area contributed by atoms with Crippen LogP contribution in [0.3, 0.4) is 0 Å². The van der Waals surface area contributed by atoms with Gasteiger partial charge < -0.3 is 23.9 Å². The third kappa shape index (κ3) is 3.44. The van der Waals surface area contributed by atoms with E-state index in [1.807, 2.05) is 42.8 Å². The van der Waals surface area contributed by atoms with Crippen LogP contribution in [0.4, 0.5) is 4.79 Å². The van der Waals surface area contributed by atoms with Crippen LogP contribution in [-0.4, -0.2) is 44.6 Å². The van der Waals surface area contributed by atoms with Gasteiger partial charge >= 0.3 is 6.16 Å². The Bertz CT molecular complexity index is 1150. The monoisotopic (exact) mass is 443 g/mol. The molecule has 5 rings (SSSR count). The fourth-order valence-corrected chi connectivity index (χ4v) is 4.66. The van der Waals surface area contributed by atoms with Gasteiger partial charge in [0.25, 0.3) is 0 Å². The van der Waals surface area contributed by atoms with Crippen molar-refractivity contribution < 1.29 is 24.1 Å². The second kappa shape index (κ2) is 7.78. The van der Waals surface area contributed by atoms with Crippen molar-refractivity contribution in [1.29, 1.82) is 0 Å². The number of benzene rings is 1. The number of carbonyl (C=O) groups is 1. The molecule has 2 aliphatic rings. The van der Waals surface area contributed by atoms with E-state index in [1.54, 1.807) is 6.07 Å². The Morgan fingerprint density at radius 2 is 2.10 bits per heavy atom. The van der Waals surface area contributed by atoms with Crippen molar-refractivity contribution in [3.05, 3.63) is 58.6 Å². The van der Waals surface area contributed by atoms with Crippen molar-refractivity contribution in [2.45, 2.75) is 44.8 Å². The van der Waals surface area contributed by atoms with E-state index in [0.29, 0.717) is 11.4 Å². The van der Waals surface area contributed by atoms with Crippen LogP contribution in [0.15, 0.2) is 36.8 Å². The van der Waals surface area contributed by atoms with Gasteiger partial charge in [-0.15, -0.1) is 0 Å². The number of fused-ring (bicyclic) bond motifs is 2. The van der Waals surface area contributed by atoms with Crippen LogP contribution in [0.1, 0.15) is 36.1 Å². The SMILES string of the molecule is Cc1ncnc2c1ccn2[C@@H]1O[C@H]([C@@H]2OC(=O)OCCc3cc(Cl)ccc32)[C@@H](O)[C@H]1C. The first-order valence-electron chi connectivity index (χ1n) is 10.2. The molecule has 1 fully saturated rings. The van der Waals surface area contributed by atoms with E-state index in [2.05, 4.69) is 9.97 Å². The molecule has 0 bridgehead atoms. The summed E-state index contributed by atoms with van der Waals surface area (Å²) in [6.07, 6.45) is 0.110. The predicted octanol–water partition coefficient (Wildman–Crippen LogP) is 3.74. The van der Waals surface area contributed by atoms with Crippen LogP contribution in [0, 0.1) is 12.8 Å². The van der Waals surface area contributed by atoms with Crippen LogP contribution < -0.4 is 0 Å². The van der Waals surface area contributed by atoms with Gasteiger partial charge in [-0.1, -0.05) is 24.6 Å². The minimum absolute atomic E-state index is 0.195. The van der Waals surface area contributed by atoms with Crippen molar-refractivity contribution in [2.75, 3.05) is 6.61 Å². The van der Waals surface area contributed by atoms with Crippen LogP contribution in [0.2, 0.25) is 5.02 Å². The molecule has 0 radical (unpaired) electrons. The molecular weight excluding hydrogens is 422 g/mol. The molecule has 1 saturated heterocycles. The van der Waals surface area contributed by atoms with Gasteiger partial charge in [0, 0.05) is 28.9 Å². The molecule has 162 valence electrons. The van der Waals surface area contributed by atoms with Crippen LogP contribution in [-0.2, 0) is 20.6 Å². The number of nitrogens with zero attached hydrogens (tertiary/aromatic N) is 3. The Balaban J connectivity index is 1.53. The highest BCUT2D eigenvalue weighted by Gasteiger charge is 2.48. The van der Waals surface area contributed by atoms with Crippen molar-refractivity contribution in [3.63, 3.8) is 0 Å².